The van der Waals surface area contributed by atoms with E-state index in [1.54, 1.807) is 31.3 Å². The number of amides is 1. The van der Waals surface area contributed by atoms with Crippen molar-refractivity contribution in [2.45, 2.75) is 0 Å². The Morgan fingerprint density at radius 3 is 2.58 bits per heavy atom. The molecule has 1 aromatic heterocycles. The first-order valence-corrected chi connectivity index (χ1v) is 5.52. The summed E-state index contributed by atoms with van der Waals surface area (Å²) in [6, 6.07) is 8.88. The predicted octanol–water partition coefficient (Wildman–Crippen LogP) is 1.60. The summed E-state index contributed by atoms with van der Waals surface area (Å²) in [7, 11) is 3.09. The Hall–Kier alpha value is -2.70. The molecule has 0 aliphatic carbocycles. The van der Waals surface area contributed by atoms with Gasteiger partial charge in [-0.25, -0.2) is 0 Å². The van der Waals surface area contributed by atoms with E-state index in [2.05, 4.69) is 5.10 Å². The zero-order valence-electron chi connectivity index (χ0n) is 10.5. The monoisotopic (exact) mass is 260 g/mol. The fourth-order valence-electron chi connectivity index (χ4n) is 1.69. The summed E-state index contributed by atoms with van der Waals surface area (Å²) in [6.45, 7) is 0. The fourth-order valence-corrected chi connectivity index (χ4v) is 1.69. The first-order valence-electron chi connectivity index (χ1n) is 5.52. The van der Waals surface area contributed by atoms with E-state index in [0.29, 0.717) is 5.69 Å². The van der Waals surface area contributed by atoms with Crippen molar-refractivity contribution in [3.05, 3.63) is 52.3 Å². The van der Waals surface area contributed by atoms with Crippen LogP contribution < -0.4 is 4.90 Å². The highest BCUT2D eigenvalue weighted by Gasteiger charge is 2.27. The molecule has 1 amide bonds. The molecule has 98 valence electrons. The van der Waals surface area contributed by atoms with Crippen molar-refractivity contribution in [2.75, 3.05) is 11.9 Å². The molecule has 0 saturated carbocycles. The lowest BCUT2D eigenvalue weighted by molar-refractivity contribution is -0.385. The number of para-hydroxylation sites is 1. The van der Waals surface area contributed by atoms with Gasteiger partial charge in [-0.05, 0) is 12.1 Å². The highest BCUT2D eigenvalue weighted by atomic mass is 16.6. The van der Waals surface area contributed by atoms with Gasteiger partial charge in [0.15, 0.2) is 0 Å². The molecule has 19 heavy (non-hydrogen) atoms. The van der Waals surface area contributed by atoms with Crippen molar-refractivity contribution in [3.8, 4) is 0 Å². The van der Waals surface area contributed by atoms with E-state index in [1.807, 2.05) is 6.07 Å². The normalized spacial score (nSPS) is 10.2. The van der Waals surface area contributed by atoms with Crippen LogP contribution in [0.2, 0.25) is 0 Å². The molecule has 2 aromatic rings. The molecule has 0 bridgehead atoms. The number of hydrogen-bond donors (Lipinski definition) is 0. The van der Waals surface area contributed by atoms with Gasteiger partial charge in [0.1, 0.15) is 6.20 Å². The average Bonchev–Trinajstić information content (AvgIpc) is 2.80. The van der Waals surface area contributed by atoms with E-state index in [-0.39, 0.29) is 11.4 Å². The van der Waals surface area contributed by atoms with Gasteiger partial charge in [-0.1, -0.05) is 18.2 Å². The Bertz CT molecular complexity index is 621. The molecule has 0 atom stereocenters. The lowest BCUT2D eigenvalue weighted by atomic mass is 10.2. The molecule has 1 aromatic carbocycles. The topological polar surface area (TPSA) is 81.3 Å². The van der Waals surface area contributed by atoms with Crippen molar-refractivity contribution in [2.24, 2.45) is 7.05 Å². The number of anilines is 1. The van der Waals surface area contributed by atoms with Gasteiger partial charge in [0.05, 0.1) is 4.92 Å². The first kappa shape index (κ1) is 12.7. The van der Waals surface area contributed by atoms with Crippen LogP contribution in [0, 0.1) is 10.1 Å². The minimum Gasteiger partial charge on any atom is -0.310 e. The number of aryl methyl sites for hydroxylation is 1. The van der Waals surface area contributed by atoms with Gasteiger partial charge in [-0.3, -0.25) is 19.6 Å². The number of aromatic nitrogens is 2. The van der Waals surface area contributed by atoms with Crippen molar-refractivity contribution in [3.63, 3.8) is 0 Å². The molecule has 0 spiro atoms. The minimum absolute atomic E-state index is 0.168. The predicted molar refractivity (Wildman–Crippen MR) is 69.0 cm³/mol. The average molecular weight is 260 g/mol. The van der Waals surface area contributed by atoms with Crippen LogP contribution in [0.1, 0.15) is 10.5 Å². The second-order valence-corrected chi connectivity index (χ2v) is 3.99. The van der Waals surface area contributed by atoms with Crippen molar-refractivity contribution in [1.82, 2.24) is 9.78 Å². The lowest BCUT2D eigenvalue weighted by Gasteiger charge is -2.15. The molecule has 0 radical (unpaired) electrons. The van der Waals surface area contributed by atoms with Crippen molar-refractivity contribution in [1.29, 1.82) is 0 Å². The third kappa shape index (κ3) is 2.44. The first-order chi connectivity index (χ1) is 9.00. The van der Waals surface area contributed by atoms with E-state index in [4.69, 9.17) is 0 Å². The quantitative estimate of drug-likeness (QED) is 0.620. The SMILES string of the molecule is CN(C(=O)c1nn(C)cc1[N+](=O)[O-])c1ccccc1. The van der Waals surface area contributed by atoms with Gasteiger partial charge in [0, 0.05) is 19.8 Å². The van der Waals surface area contributed by atoms with Gasteiger partial charge in [0.2, 0.25) is 5.69 Å². The molecule has 2 rings (SSSR count). The van der Waals surface area contributed by atoms with Crippen LogP contribution in [0.25, 0.3) is 0 Å². The highest BCUT2D eigenvalue weighted by Crippen LogP contribution is 2.20. The summed E-state index contributed by atoms with van der Waals surface area (Å²) >= 11 is 0. The Balaban J connectivity index is 2.37. The Kier molecular flexibility index (Phi) is 3.28. The van der Waals surface area contributed by atoms with E-state index < -0.39 is 10.8 Å². The van der Waals surface area contributed by atoms with Gasteiger partial charge in [0.25, 0.3) is 5.91 Å². The lowest BCUT2D eigenvalue weighted by Crippen LogP contribution is -2.27. The number of rotatable bonds is 3. The number of nitro groups is 1. The molecule has 0 N–H and O–H groups in total. The van der Waals surface area contributed by atoms with Crippen LogP contribution >= 0.6 is 0 Å². The summed E-state index contributed by atoms with van der Waals surface area (Å²) < 4.78 is 1.25. The summed E-state index contributed by atoms with van der Waals surface area (Å²) in [5, 5.41) is 14.7. The van der Waals surface area contributed by atoms with Gasteiger partial charge in [-0.2, -0.15) is 5.10 Å². The molecule has 7 heteroatoms. The zero-order chi connectivity index (χ0) is 14.0. The van der Waals surface area contributed by atoms with E-state index >= 15 is 0 Å². The summed E-state index contributed by atoms with van der Waals surface area (Å²) in [5.41, 5.74) is 0.182. The molecular formula is C12H12N4O3. The summed E-state index contributed by atoms with van der Waals surface area (Å²) in [5.74, 6) is -0.515. The standard InChI is InChI=1S/C12H12N4O3/c1-14-8-10(16(18)19)11(13-14)12(17)15(2)9-6-4-3-5-7-9/h3-8H,1-2H3. The van der Waals surface area contributed by atoms with E-state index in [1.165, 1.54) is 22.8 Å². The number of carbonyl (C=O) groups excluding carboxylic acids is 1. The minimum atomic E-state index is -0.612. The molecule has 0 saturated heterocycles. The fraction of sp³-hybridized carbons (Fsp3) is 0.167. The maximum Gasteiger partial charge on any atom is 0.320 e. The smallest absolute Gasteiger partial charge is 0.310 e. The number of hydrogen-bond acceptors (Lipinski definition) is 4. The molecule has 0 unspecified atom stereocenters. The summed E-state index contributed by atoms with van der Waals surface area (Å²) in [6.07, 6.45) is 1.21. The Morgan fingerprint density at radius 1 is 1.37 bits per heavy atom. The number of benzene rings is 1. The second kappa shape index (κ2) is 4.89. The zero-order valence-corrected chi connectivity index (χ0v) is 10.5. The molecule has 0 aliphatic heterocycles. The van der Waals surface area contributed by atoms with Gasteiger partial charge < -0.3 is 4.90 Å². The number of carbonyl (C=O) groups is 1. The highest BCUT2D eigenvalue weighted by molar-refractivity contribution is 6.06. The number of nitrogens with zero attached hydrogens (tertiary/aromatic N) is 4. The van der Waals surface area contributed by atoms with Crippen molar-refractivity contribution >= 4 is 17.3 Å². The molecular weight excluding hydrogens is 248 g/mol. The van der Waals surface area contributed by atoms with E-state index in [9.17, 15) is 14.9 Å². The Morgan fingerprint density at radius 2 is 2.00 bits per heavy atom. The maximum absolute atomic E-state index is 12.2. The van der Waals surface area contributed by atoms with Gasteiger partial charge >= 0.3 is 5.69 Å². The van der Waals surface area contributed by atoms with Crippen LogP contribution in [0.4, 0.5) is 11.4 Å². The van der Waals surface area contributed by atoms with Crippen LogP contribution in [-0.4, -0.2) is 27.7 Å². The van der Waals surface area contributed by atoms with Crippen molar-refractivity contribution < 1.29 is 9.72 Å². The van der Waals surface area contributed by atoms with E-state index in [0.717, 1.165) is 0 Å². The van der Waals surface area contributed by atoms with Crippen LogP contribution in [0.15, 0.2) is 36.5 Å². The van der Waals surface area contributed by atoms with Crippen LogP contribution in [0.3, 0.4) is 0 Å². The van der Waals surface area contributed by atoms with Gasteiger partial charge in [-0.15, -0.1) is 0 Å². The molecule has 0 aliphatic rings. The summed E-state index contributed by atoms with van der Waals surface area (Å²) in [4.78, 5) is 23.8. The largest absolute Gasteiger partial charge is 0.320 e. The molecule has 7 nitrogen and oxygen atoms in total. The van der Waals surface area contributed by atoms with Crippen LogP contribution in [0.5, 0.6) is 0 Å². The Labute approximate surface area is 109 Å². The molecule has 0 fully saturated rings. The third-order valence-electron chi connectivity index (χ3n) is 2.66. The third-order valence-corrected chi connectivity index (χ3v) is 2.66. The second-order valence-electron chi connectivity index (χ2n) is 3.99. The molecule has 1 heterocycles. The maximum atomic E-state index is 12.2. The van der Waals surface area contributed by atoms with Crippen LogP contribution in [-0.2, 0) is 7.05 Å².